The highest BCUT2D eigenvalue weighted by Crippen LogP contribution is 2.20. The summed E-state index contributed by atoms with van der Waals surface area (Å²) in [5, 5.41) is 14.3. The van der Waals surface area contributed by atoms with Crippen LogP contribution in [0.15, 0.2) is 23.4 Å². The molecule has 27 heavy (non-hydrogen) atoms. The highest BCUT2D eigenvalue weighted by atomic mass is 32.2. The van der Waals surface area contributed by atoms with Gasteiger partial charge in [0.1, 0.15) is 0 Å². The highest BCUT2D eigenvalue weighted by Gasteiger charge is 2.23. The molecule has 0 radical (unpaired) electrons. The number of rotatable bonds is 6. The van der Waals surface area contributed by atoms with E-state index in [1.807, 2.05) is 32.0 Å². The number of aryl methyl sites for hydroxylation is 2. The van der Waals surface area contributed by atoms with E-state index in [0.29, 0.717) is 18.1 Å². The Morgan fingerprint density at radius 3 is 2.74 bits per heavy atom. The number of hydrogen-bond donors (Lipinski definition) is 1. The van der Waals surface area contributed by atoms with Crippen molar-refractivity contribution in [3.63, 3.8) is 0 Å². The fourth-order valence-electron chi connectivity index (χ4n) is 2.69. The van der Waals surface area contributed by atoms with Gasteiger partial charge in [-0.2, -0.15) is 4.68 Å². The van der Waals surface area contributed by atoms with Crippen molar-refractivity contribution in [3.8, 4) is 5.69 Å². The second-order valence-corrected chi connectivity index (χ2v) is 7.26. The van der Waals surface area contributed by atoms with Crippen LogP contribution in [0.3, 0.4) is 0 Å². The summed E-state index contributed by atoms with van der Waals surface area (Å²) in [5.74, 6) is -0.999. The van der Waals surface area contributed by atoms with Crippen LogP contribution >= 0.6 is 11.8 Å². The smallest absolute Gasteiger partial charge is 0.246 e. The number of carbonyl (C=O) groups excluding carboxylic acids is 3. The summed E-state index contributed by atoms with van der Waals surface area (Å²) in [6, 6.07) is 5.84. The molecule has 1 fully saturated rings. The maximum Gasteiger partial charge on any atom is 0.246 e. The minimum Gasteiger partial charge on any atom is -0.333 e. The van der Waals surface area contributed by atoms with Crippen LogP contribution < -0.4 is 5.32 Å². The Balaban J connectivity index is 1.55. The normalized spacial score (nSPS) is 13.9. The van der Waals surface area contributed by atoms with Gasteiger partial charge >= 0.3 is 0 Å². The number of imide groups is 1. The van der Waals surface area contributed by atoms with Crippen molar-refractivity contribution in [2.45, 2.75) is 31.8 Å². The largest absolute Gasteiger partial charge is 0.333 e. The summed E-state index contributed by atoms with van der Waals surface area (Å²) in [4.78, 5) is 36.9. The van der Waals surface area contributed by atoms with E-state index in [1.165, 1.54) is 4.90 Å². The zero-order chi connectivity index (χ0) is 19.4. The van der Waals surface area contributed by atoms with Gasteiger partial charge in [0.05, 0.1) is 18.0 Å². The maximum atomic E-state index is 12.0. The van der Waals surface area contributed by atoms with Crippen molar-refractivity contribution in [3.05, 3.63) is 29.3 Å². The number of tetrazole rings is 1. The maximum absolute atomic E-state index is 12.0. The number of hydrogen-bond acceptors (Lipinski definition) is 7. The Bertz CT molecular complexity index is 881. The van der Waals surface area contributed by atoms with Gasteiger partial charge in [0.2, 0.25) is 22.9 Å². The van der Waals surface area contributed by atoms with E-state index in [0.717, 1.165) is 35.0 Å². The lowest BCUT2D eigenvalue weighted by Gasteiger charge is -2.14. The molecule has 0 bridgehead atoms. The molecule has 0 unspecified atom stereocenters. The minimum atomic E-state index is -0.482. The average Bonchev–Trinajstić information content (AvgIpc) is 3.25. The summed E-state index contributed by atoms with van der Waals surface area (Å²) in [5.41, 5.74) is 3.07. The molecule has 0 saturated carbocycles. The predicted molar refractivity (Wildman–Crippen MR) is 98.3 cm³/mol. The van der Waals surface area contributed by atoms with Crippen molar-refractivity contribution in [2.75, 3.05) is 18.8 Å². The third-order valence-corrected chi connectivity index (χ3v) is 5.21. The van der Waals surface area contributed by atoms with E-state index in [1.54, 1.807) is 4.68 Å². The third-order valence-electron chi connectivity index (χ3n) is 4.29. The molecule has 1 aromatic carbocycles. The van der Waals surface area contributed by atoms with E-state index >= 15 is 0 Å². The number of likely N-dealkylation sites (tertiary alicyclic amines) is 1. The van der Waals surface area contributed by atoms with Gasteiger partial charge in [-0.3, -0.25) is 19.7 Å². The van der Waals surface area contributed by atoms with Crippen LogP contribution in [0.5, 0.6) is 0 Å². The van der Waals surface area contributed by atoms with Crippen LogP contribution in [0.25, 0.3) is 5.69 Å². The molecular formula is C17H20N6O3S. The quantitative estimate of drug-likeness (QED) is 0.723. The van der Waals surface area contributed by atoms with E-state index in [4.69, 9.17) is 0 Å². The number of carbonyl (C=O) groups is 3. The van der Waals surface area contributed by atoms with E-state index in [9.17, 15) is 14.4 Å². The standard InChI is InChI=1S/C17H20N6O3S/c1-11-5-6-13(8-12(11)2)23-17(19-20-21-23)27-10-15(25)18-14(24)9-22-7-3-4-16(22)26/h5-6,8H,3-4,7,9-10H2,1-2H3,(H,18,24,25). The Kier molecular flexibility index (Phi) is 5.84. The molecule has 10 heteroatoms. The summed E-state index contributed by atoms with van der Waals surface area (Å²) < 4.78 is 1.55. The number of aromatic nitrogens is 4. The van der Waals surface area contributed by atoms with Gasteiger partial charge in [0.15, 0.2) is 0 Å². The van der Waals surface area contributed by atoms with Crippen LogP contribution in [-0.2, 0) is 14.4 Å². The third kappa shape index (κ3) is 4.70. The number of benzene rings is 1. The number of nitrogens with one attached hydrogen (secondary N) is 1. The van der Waals surface area contributed by atoms with Crippen LogP contribution in [0.2, 0.25) is 0 Å². The summed E-state index contributed by atoms with van der Waals surface area (Å²) in [6.45, 7) is 4.49. The first kappa shape index (κ1) is 19.0. The Morgan fingerprint density at radius 1 is 1.22 bits per heavy atom. The second kappa shape index (κ2) is 8.30. The van der Waals surface area contributed by atoms with E-state index < -0.39 is 11.8 Å². The summed E-state index contributed by atoms with van der Waals surface area (Å²) in [7, 11) is 0. The summed E-state index contributed by atoms with van der Waals surface area (Å²) >= 11 is 1.13. The fourth-order valence-corrected chi connectivity index (χ4v) is 3.38. The molecule has 142 valence electrons. The molecule has 1 aromatic heterocycles. The van der Waals surface area contributed by atoms with E-state index in [2.05, 4.69) is 20.8 Å². The molecule has 1 aliphatic heterocycles. The molecule has 0 aliphatic carbocycles. The lowest BCUT2D eigenvalue weighted by molar-refractivity contribution is -0.135. The molecule has 1 saturated heterocycles. The van der Waals surface area contributed by atoms with Crippen LogP contribution in [-0.4, -0.2) is 61.7 Å². The lowest BCUT2D eigenvalue weighted by Crippen LogP contribution is -2.41. The number of thioether (sulfide) groups is 1. The van der Waals surface area contributed by atoms with Gasteiger partial charge in [-0.15, -0.1) is 5.10 Å². The van der Waals surface area contributed by atoms with Crippen molar-refractivity contribution in [1.29, 1.82) is 0 Å². The first-order valence-electron chi connectivity index (χ1n) is 8.53. The zero-order valence-electron chi connectivity index (χ0n) is 15.1. The molecular weight excluding hydrogens is 368 g/mol. The number of amides is 3. The Morgan fingerprint density at radius 2 is 2.04 bits per heavy atom. The van der Waals surface area contributed by atoms with Crippen molar-refractivity contribution < 1.29 is 14.4 Å². The van der Waals surface area contributed by atoms with Crippen LogP contribution in [0.1, 0.15) is 24.0 Å². The van der Waals surface area contributed by atoms with Gasteiger partial charge in [-0.25, -0.2) is 0 Å². The average molecular weight is 388 g/mol. The van der Waals surface area contributed by atoms with Crippen molar-refractivity contribution in [1.82, 2.24) is 30.4 Å². The highest BCUT2D eigenvalue weighted by molar-refractivity contribution is 7.99. The molecule has 2 heterocycles. The van der Waals surface area contributed by atoms with Gasteiger partial charge in [-0.1, -0.05) is 17.8 Å². The molecule has 0 spiro atoms. The predicted octanol–water partition coefficient (Wildman–Crippen LogP) is 0.636. The topological polar surface area (TPSA) is 110 Å². The number of nitrogens with zero attached hydrogens (tertiary/aromatic N) is 5. The SMILES string of the molecule is Cc1ccc(-n2nnnc2SCC(=O)NC(=O)CN2CCCC2=O)cc1C. The second-order valence-electron chi connectivity index (χ2n) is 6.32. The van der Waals surface area contributed by atoms with Crippen molar-refractivity contribution in [2.24, 2.45) is 0 Å². The molecule has 9 nitrogen and oxygen atoms in total. The van der Waals surface area contributed by atoms with E-state index in [-0.39, 0.29) is 18.2 Å². The fraction of sp³-hybridized carbons (Fsp3) is 0.412. The first-order valence-corrected chi connectivity index (χ1v) is 9.52. The summed E-state index contributed by atoms with van der Waals surface area (Å²) in [6.07, 6.45) is 1.20. The van der Waals surface area contributed by atoms with Gasteiger partial charge < -0.3 is 4.90 Å². The first-order chi connectivity index (χ1) is 12.9. The molecule has 2 aromatic rings. The molecule has 1 aliphatic rings. The van der Waals surface area contributed by atoms with Gasteiger partial charge in [0, 0.05) is 13.0 Å². The molecule has 3 amide bonds. The van der Waals surface area contributed by atoms with Gasteiger partial charge in [0.25, 0.3) is 0 Å². The van der Waals surface area contributed by atoms with Gasteiger partial charge in [-0.05, 0) is 54.0 Å². The molecule has 0 atom stereocenters. The molecule has 3 rings (SSSR count). The minimum absolute atomic E-state index is 0.00902. The van der Waals surface area contributed by atoms with Crippen LogP contribution in [0.4, 0.5) is 0 Å². The van der Waals surface area contributed by atoms with Crippen molar-refractivity contribution >= 4 is 29.5 Å². The Hall–Kier alpha value is -2.75. The monoisotopic (exact) mass is 388 g/mol. The Labute approximate surface area is 160 Å². The lowest BCUT2D eigenvalue weighted by atomic mass is 10.1. The van der Waals surface area contributed by atoms with Crippen LogP contribution in [0, 0.1) is 13.8 Å². The zero-order valence-corrected chi connectivity index (χ0v) is 16.0. The molecule has 1 N–H and O–H groups in total.